The van der Waals surface area contributed by atoms with E-state index in [4.69, 9.17) is 5.14 Å². The number of thioether (sulfide) groups is 2. The summed E-state index contributed by atoms with van der Waals surface area (Å²) in [6.45, 7) is 6.07. The van der Waals surface area contributed by atoms with Crippen LogP contribution in [-0.2, 0) is 14.8 Å². The number of hydrogen-bond donors (Lipinski definition) is 2. The molecule has 1 aromatic carbocycles. The first-order valence-electron chi connectivity index (χ1n) is 7.72. The summed E-state index contributed by atoms with van der Waals surface area (Å²) in [5.41, 5.74) is 0.500. The molecule has 7 nitrogen and oxygen atoms in total. The van der Waals surface area contributed by atoms with Crippen LogP contribution in [0.1, 0.15) is 20.8 Å². The van der Waals surface area contributed by atoms with Crippen molar-refractivity contribution in [2.45, 2.75) is 39.6 Å². The lowest BCUT2D eigenvalue weighted by molar-refractivity contribution is -0.115. The number of anilines is 1. The van der Waals surface area contributed by atoms with Crippen molar-refractivity contribution in [1.82, 2.24) is 10.2 Å². The Morgan fingerprint density at radius 2 is 1.81 bits per heavy atom. The van der Waals surface area contributed by atoms with E-state index in [1.165, 1.54) is 47.4 Å². The van der Waals surface area contributed by atoms with Crippen LogP contribution in [0.5, 0.6) is 0 Å². The summed E-state index contributed by atoms with van der Waals surface area (Å²) in [4.78, 5) is 12.3. The molecule has 0 aliphatic carbocycles. The largest absolute Gasteiger partial charge is 0.325 e. The standard InChI is InChI=1S/C15H20N4O3S4/c1-9(2)8-23-14-18-19-15(25-14)24-10(3)13(20)17-11-4-6-12(7-5-11)26(16,21)22/h4-7,9-10H,8H2,1-3H3,(H,17,20)(H2,16,21,22)/t10-/m1/s1. The maximum Gasteiger partial charge on any atom is 0.238 e. The van der Waals surface area contributed by atoms with Crippen molar-refractivity contribution < 1.29 is 13.2 Å². The van der Waals surface area contributed by atoms with Gasteiger partial charge < -0.3 is 5.32 Å². The Morgan fingerprint density at radius 3 is 2.38 bits per heavy atom. The molecule has 2 aromatic rings. The molecule has 142 valence electrons. The van der Waals surface area contributed by atoms with Gasteiger partial charge in [0.2, 0.25) is 15.9 Å². The summed E-state index contributed by atoms with van der Waals surface area (Å²) >= 11 is 4.47. The molecular weight excluding hydrogens is 412 g/mol. The van der Waals surface area contributed by atoms with Gasteiger partial charge in [-0.05, 0) is 37.1 Å². The lowest BCUT2D eigenvalue weighted by atomic mass is 10.3. The molecule has 2 rings (SSSR count). The Balaban J connectivity index is 1.91. The third-order valence-electron chi connectivity index (χ3n) is 3.03. The molecule has 0 radical (unpaired) electrons. The SMILES string of the molecule is CC(C)CSc1nnc(S[C@H](C)C(=O)Nc2ccc(S(N)(=O)=O)cc2)s1. The van der Waals surface area contributed by atoms with Crippen molar-refractivity contribution in [2.75, 3.05) is 11.1 Å². The van der Waals surface area contributed by atoms with Crippen LogP contribution in [0.15, 0.2) is 37.8 Å². The molecule has 11 heteroatoms. The van der Waals surface area contributed by atoms with Crippen molar-refractivity contribution in [2.24, 2.45) is 11.1 Å². The van der Waals surface area contributed by atoms with Gasteiger partial charge in [0.1, 0.15) is 0 Å². The van der Waals surface area contributed by atoms with E-state index < -0.39 is 10.0 Å². The van der Waals surface area contributed by atoms with E-state index >= 15 is 0 Å². The molecule has 0 aliphatic rings. The van der Waals surface area contributed by atoms with Gasteiger partial charge in [-0.3, -0.25) is 4.79 Å². The zero-order valence-electron chi connectivity index (χ0n) is 14.5. The molecule has 0 unspecified atom stereocenters. The number of nitrogens with zero attached hydrogens (tertiary/aromatic N) is 2. The summed E-state index contributed by atoms with van der Waals surface area (Å²) in [6.07, 6.45) is 0. The molecule has 1 atom stereocenters. The van der Waals surface area contributed by atoms with E-state index in [1.807, 2.05) is 0 Å². The Morgan fingerprint density at radius 1 is 1.19 bits per heavy atom. The second-order valence-corrected chi connectivity index (χ2v) is 11.3. The monoisotopic (exact) mass is 432 g/mol. The number of nitrogens with two attached hydrogens (primary N) is 1. The van der Waals surface area contributed by atoms with Gasteiger partial charge in [-0.1, -0.05) is 48.7 Å². The van der Waals surface area contributed by atoms with E-state index in [1.54, 1.807) is 18.7 Å². The smallest absolute Gasteiger partial charge is 0.238 e. The molecule has 0 spiro atoms. The predicted octanol–water partition coefficient (Wildman–Crippen LogP) is 3.05. The van der Waals surface area contributed by atoms with Crippen LogP contribution >= 0.6 is 34.9 Å². The van der Waals surface area contributed by atoms with E-state index in [-0.39, 0.29) is 16.1 Å². The van der Waals surface area contributed by atoms with Crippen LogP contribution in [0.3, 0.4) is 0 Å². The minimum Gasteiger partial charge on any atom is -0.325 e. The average Bonchev–Trinajstić information content (AvgIpc) is 3.00. The molecule has 0 fully saturated rings. The van der Waals surface area contributed by atoms with Gasteiger partial charge in [0.15, 0.2) is 8.68 Å². The highest BCUT2D eigenvalue weighted by Gasteiger charge is 2.18. The fourth-order valence-corrected chi connectivity index (χ4v) is 5.37. The lowest BCUT2D eigenvalue weighted by Crippen LogP contribution is -2.22. The van der Waals surface area contributed by atoms with Crippen molar-refractivity contribution >= 4 is 56.5 Å². The lowest BCUT2D eigenvalue weighted by Gasteiger charge is -2.10. The van der Waals surface area contributed by atoms with Crippen LogP contribution in [0, 0.1) is 5.92 Å². The van der Waals surface area contributed by atoms with Gasteiger partial charge in [-0.2, -0.15) is 0 Å². The van der Waals surface area contributed by atoms with Gasteiger partial charge in [0, 0.05) is 11.4 Å². The van der Waals surface area contributed by atoms with Crippen LogP contribution < -0.4 is 10.5 Å². The molecule has 0 bridgehead atoms. The molecule has 0 saturated carbocycles. The molecule has 1 amide bonds. The first-order chi connectivity index (χ1) is 12.1. The highest BCUT2D eigenvalue weighted by atomic mass is 32.2. The van der Waals surface area contributed by atoms with Gasteiger partial charge in [-0.15, -0.1) is 10.2 Å². The highest BCUT2D eigenvalue weighted by Crippen LogP contribution is 2.32. The number of carbonyl (C=O) groups excluding carboxylic acids is 1. The first kappa shape index (κ1) is 21.2. The van der Waals surface area contributed by atoms with Gasteiger partial charge >= 0.3 is 0 Å². The zero-order valence-corrected chi connectivity index (χ0v) is 17.8. The van der Waals surface area contributed by atoms with Gasteiger partial charge in [0.25, 0.3) is 0 Å². The summed E-state index contributed by atoms with van der Waals surface area (Å²) in [5, 5.41) is 15.7. The molecule has 0 aliphatic heterocycles. The number of benzene rings is 1. The van der Waals surface area contributed by atoms with Crippen LogP contribution in [0.2, 0.25) is 0 Å². The van der Waals surface area contributed by atoms with Crippen LogP contribution in [0.25, 0.3) is 0 Å². The maximum atomic E-state index is 12.3. The number of nitrogens with one attached hydrogen (secondary N) is 1. The number of carbonyl (C=O) groups is 1. The van der Waals surface area contributed by atoms with Gasteiger partial charge in [0.05, 0.1) is 10.1 Å². The van der Waals surface area contributed by atoms with Crippen molar-refractivity contribution in [3.8, 4) is 0 Å². The summed E-state index contributed by atoms with van der Waals surface area (Å²) < 4.78 is 24.1. The summed E-state index contributed by atoms with van der Waals surface area (Å²) in [5.74, 6) is 1.35. The van der Waals surface area contributed by atoms with Crippen LogP contribution in [0.4, 0.5) is 5.69 Å². The zero-order chi connectivity index (χ0) is 19.3. The van der Waals surface area contributed by atoms with Crippen LogP contribution in [-0.4, -0.2) is 35.5 Å². The minimum atomic E-state index is -3.75. The normalized spacial score (nSPS) is 13.0. The number of amides is 1. The second-order valence-electron chi connectivity index (χ2n) is 5.86. The Labute approximate surface area is 165 Å². The van der Waals surface area contributed by atoms with Crippen molar-refractivity contribution in [1.29, 1.82) is 0 Å². The number of primary sulfonamides is 1. The Hall–Kier alpha value is -1.14. The Kier molecular flexibility index (Phi) is 7.47. The van der Waals surface area contributed by atoms with Crippen molar-refractivity contribution in [3.63, 3.8) is 0 Å². The first-order valence-corrected chi connectivity index (χ1v) is 11.9. The van der Waals surface area contributed by atoms with Gasteiger partial charge in [-0.25, -0.2) is 13.6 Å². The van der Waals surface area contributed by atoms with E-state index in [0.29, 0.717) is 11.6 Å². The molecule has 26 heavy (non-hydrogen) atoms. The third-order valence-corrected chi connectivity index (χ3v) is 7.62. The second kappa shape index (κ2) is 9.18. The minimum absolute atomic E-state index is 0.00166. The van der Waals surface area contributed by atoms with Crippen molar-refractivity contribution in [3.05, 3.63) is 24.3 Å². The number of hydrogen-bond acceptors (Lipinski definition) is 8. The fourth-order valence-electron chi connectivity index (χ4n) is 1.72. The topological polar surface area (TPSA) is 115 Å². The number of aromatic nitrogens is 2. The predicted molar refractivity (Wildman–Crippen MR) is 107 cm³/mol. The van der Waals surface area contributed by atoms with E-state index in [0.717, 1.165) is 14.4 Å². The number of rotatable bonds is 8. The molecule has 3 N–H and O–H groups in total. The summed E-state index contributed by atoms with van der Waals surface area (Å²) in [7, 11) is -3.75. The molecule has 0 saturated heterocycles. The summed E-state index contributed by atoms with van der Waals surface area (Å²) in [6, 6.07) is 5.71. The maximum absolute atomic E-state index is 12.3. The Bertz CT molecular complexity index is 850. The fraction of sp³-hybridized carbons (Fsp3) is 0.400. The third kappa shape index (κ3) is 6.54. The van der Waals surface area contributed by atoms with E-state index in [9.17, 15) is 13.2 Å². The van der Waals surface area contributed by atoms with E-state index in [2.05, 4.69) is 29.4 Å². The molecular formula is C15H20N4O3S4. The highest BCUT2D eigenvalue weighted by molar-refractivity contribution is 8.04. The average molecular weight is 433 g/mol. The quantitative estimate of drug-likeness (QED) is 0.616. The molecule has 1 aromatic heterocycles. The number of sulfonamides is 1. The molecule has 1 heterocycles.